The maximum atomic E-state index is 2.48. The van der Waals surface area contributed by atoms with Crippen LogP contribution in [-0.4, -0.2) is 25.0 Å². The van der Waals surface area contributed by atoms with Crippen molar-refractivity contribution in [3.05, 3.63) is 48.0 Å². The van der Waals surface area contributed by atoms with Crippen LogP contribution in [0.4, 0.5) is 0 Å². The summed E-state index contributed by atoms with van der Waals surface area (Å²) in [5.41, 5.74) is 2.06. The van der Waals surface area contributed by atoms with Crippen molar-refractivity contribution >= 4 is 10.8 Å². The Labute approximate surface area is 102 Å². The van der Waals surface area contributed by atoms with Crippen molar-refractivity contribution < 1.29 is 0 Å². The molecule has 2 fully saturated rings. The molecule has 2 atom stereocenters. The maximum absolute atomic E-state index is 2.48. The first kappa shape index (κ1) is 9.67. The molecule has 2 aliphatic rings. The molecule has 0 N–H and O–H groups in total. The quantitative estimate of drug-likeness (QED) is 0.718. The van der Waals surface area contributed by atoms with Crippen LogP contribution in [0.1, 0.15) is 12.0 Å². The first-order valence-corrected chi connectivity index (χ1v) is 6.46. The maximum Gasteiger partial charge on any atom is 0.0124 e. The van der Waals surface area contributed by atoms with Gasteiger partial charge in [-0.2, -0.15) is 0 Å². The molecular formula is C16H17N. The van der Waals surface area contributed by atoms with Crippen LogP contribution in [0.3, 0.4) is 0 Å². The van der Waals surface area contributed by atoms with Gasteiger partial charge in [0.25, 0.3) is 0 Å². The minimum atomic E-state index is 0.499. The summed E-state index contributed by atoms with van der Waals surface area (Å²) in [6.07, 6.45) is 1.40. The first-order valence-electron chi connectivity index (χ1n) is 6.46. The lowest BCUT2D eigenvalue weighted by atomic mass is 9.93. The lowest BCUT2D eigenvalue weighted by molar-refractivity contribution is 0.363. The van der Waals surface area contributed by atoms with E-state index in [0.717, 1.165) is 5.92 Å². The Morgan fingerprint density at radius 3 is 2.71 bits per heavy atom. The SMILES string of the molecule is CN1C[C@@H]2C[C@]2(c2ccc3ccccc3c2)C1. The van der Waals surface area contributed by atoms with Crippen molar-refractivity contribution in [1.82, 2.24) is 4.90 Å². The fraction of sp³-hybridized carbons (Fsp3) is 0.375. The van der Waals surface area contributed by atoms with Gasteiger partial charge in [0.1, 0.15) is 0 Å². The Hall–Kier alpha value is -1.34. The highest BCUT2D eigenvalue weighted by Gasteiger charge is 2.59. The lowest BCUT2D eigenvalue weighted by Gasteiger charge is -2.17. The van der Waals surface area contributed by atoms with E-state index in [4.69, 9.17) is 0 Å². The van der Waals surface area contributed by atoms with Crippen LogP contribution in [0.2, 0.25) is 0 Å². The van der Waals surface area contributed by atoms with E-state index < -0.39 is 0 Å². The molecule has 17 heavy (non-hydrogen) atoms. The Kier molecular flexibility index (Phi) is 1.77. The van der Waals surface area contributed by atoms with Gasteiger partial charge in [0, 0.05) is 18.5 Å². The Morgan fingerprint density at radius 1 is 1.12 bits per heavy atom. The molecule has 0 radical (unpaired) electrons. The van der Waals surface area contributed by atoms with Gasteiger partial charge in [0.05, 0.1) is 0 Å². The zero-order chi connectivity index (χ0) is 11.5. The van der Waals surface area contributed by atoms with E-state index in [0.29, 0.717) is 5.41 Å². The van der Waals surface area contributed by atoms with Gasteiger partial charge in [-0.1, -0.05) is 42.5 Å². The van der Waals surface area contributed by atoms with Gasteiger partial charge in [-0.15, -0.1) is 0 Å². The summed E-state index contributed by atoms with van der Waals surface area (Å²) in [6.45, 7) is 2.53. The zero-order valence-electron chi connectivity index (χ0n) is 10.2. The molecule has 0 bridgehead atoms. The smallest absolute Gasteiger partial charge is 0.0124 e. The van der Waals surface area contributed by atoms with Crippen molar-refractivity contribution in [1.29, 1.82) is 0 Å². The summed E-state index contributed by atoms with van der Waals surface area (Å²) in [5.74, 6) is 0.911. The second kappa shape index (κ2) is 3.11. The molecule has 1 saturated carbocycles. The molecule has 0 amide bonds. The number of benzene rings is 2. The van der Waals surface area contributed by atoms with Gasteiger partial charge in [0.2, 0.25) is 0 Å². The highest BCUT2D eigenvalue weighted by atomic mass is 15.2. The molecule has 86 valence electrons. The number of rotatable bonds is 1. The van der Waals surface area contributed by atoms with E-state index in [9.17, 15) is 0 Å². The highest BCUT2D eigenvalue weighted by Crippen LogP contribution is 2.58. The van der Waals surface area contributed by atoms with Crippen LogP contribution in [0.5, 0.6) is 0 Å². The average molecular weight is 223 g/mol. The number of likely N-dealkylation sites (N-methyl/N-ethyl adjacent to an activating group) is 1. The summed E-state index contributed by atoms with van der Waals surface area (Å²) in [5, 5.41) is 2.75. The molecular weight excluding hydrogens is 206 g/mol. The number of hydrogen-bond acceptors (Lipinski definition) is 1. The molecule has 1 nitrogen and oxygen atoms in total. The van der Waals surface area contributed by atoms with Gasteiger partial charge >= 0.3 is 0 Å². The number of fused-ring (bicyclic) bond motifs is 2. The van der Waals surface area contributed by atoms with Crippen LogP contribution in [0.15, 0.2) is 42.5 Å². The van der Waals surface area contributed by atoms with Gasteiger partial charge < -0.3 is 4.90 Å². The van der Waals surface area contributed by atoms with Crippen molar-refractivity contribution in [2.75, 3.05) is 20.1 Å². The third-order valence-corrected chi connectivity index (χ3v) is 4.64. The number of nitrogens with zero attached hydrogens (tertiary/aromatic N) is 1. The highest BCUT2D eigenvalue weighted by molar-refractivity contribution is 5.83. The van der Waals surface area contributed by atoms with Crippen molar-refractivity contribution in [3.63, 3.8) is 0 Å². The van der Waals surface area contributed by atoms with E-state index in [-0.39, 0.29) is 0 Å². The van der Waals surface area contributed by atoms with Crippen LogP contribution < -0.4 is 0 Å². The second-order valence-corrected chi connectivity index (χ2v) is 5.82. The van der Waals surface area contributed by atoms with E-state index in [1.54, 1.807) is 5.56 Å². The van der Waals surface area contributed by atoms with Crippen LogP contribution in [-0.2, 0) is 5.41 Å². The summed E-state index contributed by atoms with van der Waals surface area (Å²) in [7, 11) is 2.24. The molecule has 1 heterocycles. The predicted molar refractivity (Wildman–Crippen MR) is 71.2 cm³/mol. The summed E-state index contributed by atoms with van der Waals surface area (Å²) in [6, 6.07) is 15.7. The van der Waals surface area contributed by atoms with Crippen LogP contribution in [0.25, 0.3) is 10.8 Å². The molecule has 0 aromatic heterocycles. The van der Waals surface area contributed by atoms with E-state index >= 15 is 0 Å². The Balaban J connectivity index is 1.82. The molecule has 0 spiro atoms. The van der Waals surface area contributed by atoms with Crippen LogP contribution >= 0.6 is 0 Å². The molecule has 1 heteroatoms. The average Bonchev–Trinajstić information content (AvgIpc) is 2.93. The van der Waals surface area contributed by atoms with Gasteiger partial charge in [0.15, 0.2) is 0 Å². The van der Waals surface area contributed by atoms with Crippen LogP contribution in [0, 0.1) is 5.92 Å². The van der Waals surface area contributed by atoms with E-state index in [1.165, 1.54) is 30.3 Å². The number of hydrogen-bond donors (Lipinski definition) is 0. The lowest BCUT2D eigenvalue weighted by Crippen LogP contribution is -2.22. The molecule has 2 aromatic rings. The molecule has 2 aromatic carbocycles. The summed E-state index contributed by atoms with van der Waals surface area (Å²) >= 11 is 0. The third-order valence-electron chi connectivity index (χ3n) is 4.64. The van der Waals surface area contributed by atoms with E-state index in [1.807, 2.05) is 0 Å². The standard InChI is InChI=1S/C16H17N/c1-17-10-15-9-16(15,11-17)14-7-6-12-4-2-3-5-13(12)8-14/h2-8,15H,9-11H2,1H3/t15-,16+/m0/s1. The number of piperidine rings is 1. The minimum absolute atomic E-state index is 0.499. The fourth-order valence-corrected chi connectivity index (χ4v) is 3.68. The van der Waals surface area contributed by atoms with Gasteiger partial charge in [-0.25, -0.2) is 0 Å². The second-order valence-electron chi connectivity index (χ2n) is 5.82. The largest absolute Gasteiger partial charge is 0.305 e. The van der Waals surface area contributed by atoms with Crippen molar-refractivity contribution in [2.24, 2.45) is 5.92 Å². The molecule has 0 unspecified atom stereocenters. The van der Waals surface area contributed by atoms with Crippen molar-refractivity contribution in [2.45, 2.75) is 11.8 Å². The Morgan fingerprint density at radius 2 is 1.94 bits per heavy atom. The van der Waals surface area contributed by atoms with Crippen molar-refractivity contribution in [3.8, 4) is 0 Å². The number of likely N-dealkylation sites (tertiary alicyclic amines) is 1. The normalized spacial score (nSPS) is 31.7. The predicted octanol–water partition coefficient (Wildman–Crippen LogP) is 3.04. The molecule has 1 saturated heterocycles. The zero-order valence-corrected chi connectivity index (χ0v) is 10.2. The van der Waals surface area contributed by atoms with E-state index in [2.05, 4.69) is 54.4 Å². The van der Waals surface area contributed by atoms with Gasteiger partial charge in [-0.05, 0) is 35.7 Å². The summed E-state index contributed by atoms with van der Waals surface area (Å²) < 4.78 is 0. The Bertz CT molecular complexity index is 589. The molecule has 1 aliphatic heterocycles. The fourth-order valence-electron chi connectivity index (χ4n) is 3.68. The monoisotopic (exact) mass is 223 g/mol. The topological polar surface area (TPSA) is 3.24 Å². The third kappa shape index (κ3) is 1.29. The minimum Gasteiger partial charge on any atom is -0.305 e. The first-order chi connectivity index (χ1) is 8.28. The molecule has 4 rings (SSSR count). The van der Waals surface area contributed by atoms with Gasteiger partial charge in [-0.3, -0.25) is 0 Å². The molecule has 1 aliphatic carbocycles. The summed E-state index contributed by atoms with van der Waals surface area (Å²) in [4.78, 5) is 2.48.